The highest BCUT2D eigenvalue weighted by atomic mass is 35.5. The van der Waals surface area contributed by atoms with E-state index in [0.717, 1.165) is 16.8 Å². The molecule has 0 atom stereocenters. The van der Waals surface area contributed by atoms with Gasteiger partial charge in [0, 0.05) is 12.6 Å². The van der Waals surface area contributed by atoms with Crippen LogP contribution in [0.15, 0.2) is 42.7 Å². The lowest BCUT2D eigenvalue weighted by atomic mass is 10.1. The van der Waals surface area contributed by atoms with E-state index in [-0.39, 0.29) is 0 Å². The molecule has 0 radical (unpaired) electrons. The van der Waals surface area contributed by atoms with Crippen LogP contribution < -0.4 is 5.73 Å². The third kappa shape index (κ3) is 1.98. The quantitative estimate of drug-likeness (QED) is 0.780. The highest BCUT2D eigenvalue weighted by molar-refractivity contribution is 6.29. The van der Waals surface area contributed by atoms with Gasteiger partial charge in [-0.05, 0) is 23.8 Å². The van der Waals surface area contributed by atoms with Crippen LogP contribution in [0, 0.1) is 0 Å². The van der Waals surface area contributed by atoms with E-state index >= 15 is 0 Å². The second-order valence-corrected chi connectivity index (χ2v) is 4.57. The van der Waals surface area contributed by atoms with Gasteiger partial charge in [0.05, 0.1) is 18.1 Å². The van der Waals surface area contributed by atoms with E-state index in [9.17, 15) is 0 Å². The van der Waals surface area contributed by atoms with Crippen molar-refractivity contribution in [3.05, 3.63) is 47.9 Å². The van der Waals surface area contributed by atoms with Crippen molar-refractivity contribution < 1.29 is 0 Å². The summed E-state index contributed by atoms with van der Waals surface area (Å²) in [7, 11) is 1.82. The summed E-state index contributed by atoms with van der Waals surface area (Å²) in [5, 5.41) is 8.86. The van der Waals surface area contributed by atoms with E-state index in [1.807, 2.05) is 31.3 Å². The molecule has 3 rings (SSSR count). The molecular formula is C13H12ClN5. The molecule has 0 amide bonds. The Bertz CT molecular complexity index is 711. The smallest absolute Gasteiger partial charge is 0.132 e. The third-order valence-corrected chi connectivity index (χ3v) is 3.29. The Morgan fingerprint density at radius 3 is 2.37 bits per heavy atom. The Morgan fingerprint density at radius 1 is 1.11 bits per heavy atom. The van der Waals surface area contributed by atoms with E-state index in [2.05, 4.69) is 10.2 Å². The van der Waals surface area contributed by atoms with Gasteiger partial charge in [-0.25, -0.2) is 4.68 Å². The van der Waals surface area contributed by atoms with Crippen LogP contribution in [0.2, 0.25) is 5.15 Å². The number of aromatic nitrogens is 4. The fraction of sp³-hybridized carbons (Fsp3) is 0.0769. The summed E-state index contributed by atoms with van der Waals surface area (Å²) in [6.07, 6.45) is 3.42. The number of rotatable bonds is 2. The van der Waals surface area contributed by atoms with Crippen molar-refractivity contribution in [1.29, 1.82) is 0 Å². The zero-order chi connectivity index (χ0) is 13.4. The number of halogens is 1. The first-order valence-electron chi connectivity index (χ1n) is 5.74. The molecule has 0 fully saturated rings. The summed E-state index contributed by atoms with van der Waals surface area (Å²) in [6, 6.07) is 9.58. The first-order valence-corrected chi connectivity index (χ1v) is 6.12. The molecule has 1 aromatic carbocycles. The first kappa shape index (κ1) is 11.8. The molecule has 0 spiro atoms. The zero-order valence-electron chi connectivity index (χ0n) is 10.3. The summed E-state index contributed by atoms with van der Waals surface area (Å²) in [5.41, 5.74) is 8.79. The van der Waals surface area contributed by atoms with Crippen molar-refractivity contribution in [1.82, 2.24) is 19.6 Å². The molecule has 2 aromatic heterocycles. The predicted molar refractivity (Wildman–Crippen MR) is 75.2 cm³/mol. The van der Waals surface area contributed by atoms with Gasteiger partial charge < -0.3 is 5.73 Å². The first-order chi connectivity index (χ1) is 9.16. The maximum Gasteiger partial charge on any atom is 0.132 e. The lowest BCUT2D eigenvalue weighted by Gasteiger charge is -2.05. The summed E-state index contributed by atoms with van der Waals surface area (Å²) < 4.78 is 3.31. The summed E-state index contributed by atoms with van der Waals surface area (Å²) in [6.45, 7) is 0. The molecule has 0 bridgehead atoms. The summed E-state index contributed by atoms with van der Waals surface area (Å²) in [5.74, 6) is 0.643. The van der Waals surface area contributed by atoms with E-state index in [1.165, 1.54) is 0 Å². The van der Waals surface area contributed by atoms with Crippen molar-refractivity contribution in [3.8, 4) is 16.8 Å². The predicted octanol–water partition coefficient (Wildman–Crippen LogP) is 2.51. The molecule has 5 nitrogen and oxygen atoms in total. The molecule has 3 aromatic rings. The number of hydrogen-bond donors (Lipinski definition) is 1. The highest BCUT2D eigenvalue weighted by Crippen LogP contribution is 2.26. The molecule has 0 saturated heterocycles. The second-order valence-electron chi connectivity index (χ2n) is 4.18. The minimum atomic E-state index is 0.577. The van der Waals surface area contributed by atoms with Crippen LogP contribution in [0.25, 0.3) is 16.8 Å². The Kier molecular flexibility index (Phi) is 2.76. The van der Waals surface area contributed by atoms with Gasteiger partial charge in [-0.1, -0.05) is 23.7 Å². The number of hydrogen-bond acceptors (Lipinski definition) is 3. The largest absolute Gasteiger partial charge is 0.383 e. The van der Waals surface area contributed by atoms with Gasteiger partial charge in [0.15, 0.2) is 0 Å². The van der Waals surface area contributed by atoms with Crippen LogP contribution in [0.1, 0.15) is 0 Å². The number of anilines is 1. The van der Waals surface area contributed by atoms with Crippen molar-refractivity contribution in [3.63, 3.8) is 0 Å². The Labute approximate surface area is 115 Å². The number of aryl methyl sites for hydroxylation is 1. The fourth-order valence-electron chi connectivity index (χ4n) is 1.93. The van der Waals surface area contributed by atoms with Crippen LogP contribution in [-0.2, 0) is 7.05 Å². The number of nitrogens with zero attached hydrogens (tertiary/aromatic N) is 4. The lowest BCUT2D eigenvalue weighted by molar-refractivity contribution is 0.779. The lowest BCUT2D eigenvalue weighted by Crippen LogP contribution is -1.98. The molecular weight excluding hydrogens is 262 g/mol. The van der Waals surface area contributed by atoms with E-state index in [0.29, 0.717) is 11.0 Å². The Balaban J connectivity index is 2.00. The molecule has 6 heteroatoms. The van der Waals surface area contributed by atoms with Crippen LogP contribution >= 0.6 is 11.6 Å². The molecule has 2 N–H and O–H groups in total. The van der Waals surface area contributed by atoms with E-state index in [4.69, 9.17) is 17.3 Å². The van der Waals surface area contributed by atoms with E-state index in [1.54, 1.807) is 27.8 Å². The van der Waals surface area contributed by atoms with Gasteiger partial charge in [-0.15, -0.1) is 0 Å². The molecule has 0 saturated carbocycles. The van der Waals surface area contributed by atoms with Crippen molar-refractivity contribution in [2.45, 2.75) is 0 Å². The molecule has 0 aliphatic carbocycles. The highest BCUT2D eigenvalue weighted by Gasteiger charge is 2.08. The van der Waals surface area contributed by atoms with Gasteiger partial charge in [-0.3, -0.25) is 4.68 Å². The second kappa shape index (κ2) is 4.44. The average molecular weight is 274 g/mol. The average Bonchev–Trinajstić information content (AvgIpc) is 2.98. The maximum absolute atomic E-state index is 6.03. The number of benzene rings is 1. The summed E-state index contributed by atoms with van der Waals surface area (Å²) >= 11 is 6.03. The third-order valence-electron chi connectivity index (χ3n) is 3.00. The Hall–Kier alpha value is -2.27. The summed E-state index contributed by atoms with van der Waals surface area (Å²) in [4.78, 5) is 0. The van der Waals surface area contributed by atoms with Crippen molar-refractivity contribution in [2.75, 3.05) is 5.73 Å². The van der Waals surface area contributed by atoms with Crippen LogP contribution in [0.3, 0.4) is 0 Å². The molecule has 0 unspecified atom stereocenters. The standard InChI is InChI=1S/C13H12ClN5/c1-18-13(15)11(8-17-18)9-2-4-10(5-3-9)19-12(14)6-7-16-19/h2-8H,15H2,1H3. The Morgan fingerprint density at radius 2 is 1.84 bits per heavy atom. The van der Waals surface area contributed by atoms with Gasteiger partial charge in [0.2, 0.25) is 0 Å². The minimum Gasteiger partial charge on any atom is -0.383 e. The van der Waals surface area contributed by atoms with Gasteiger partial charge in [0.1, 0.15) is 11.0 Å². The molecule has 2 heterocycles. The van der Waals surface area contributed by atoms with Crippen LogP contribution in [-0.4, -0.2) is 19.6 Å². The van der Waals surface area contributed by atoms with Gasteiger partial charge >= 0.3 is 0 Å². The topological polar surface area (TPSA) is 61.7 Å². The molecule has 96 valence electrons. The molecule has 0 aliphatic rings. The molecule has 19 heavy (non-hydrogen) atoms. The van der Waals surface area contributed by atoms with Crippen LogP contribution in [0.4, 0.5) is 5.82 Å². The monoisotopic (exact) mass is 273 g/mol. The molecule has 0 aliphatic heterocycles. The fourth-order valence-corrected chi connectivity index (χ4v) is 2.13. The van der Waals surface area contributed by atoms with Crippen molar-refractivity contribution in [2.24, 2.45) is 7.05 Å². The number of nitrogens with two attached hydrogens (primary N) is 1. The van der Waals surface area contributed by atoms with Gasteiger partial charge in [0.25, 0.3) is 0 Å². The maximum atomic E-state index is 6.03. The number of nitrogen functional groups attached to an aromatic ring is 1. The normalized spacial score (nSPS) is 10.8. The van der Waals surface area contributed by atoms with E-state index < -0.39 is 0 Å². The SMILES string of the molecule is Cn1ncc(-c2ccc(-n3nccc3Cl)cc2)c1N. The van der Waals surface area contributed by atoms with Crippen molar-refractivity contribution >= 4 is 17.4 Å². The zero-order valence-corrected chi connectivity index (χ0v) is 11.0. The van der Waals surface area contributed by atoms with Gasteiger partial charge in [-0.2, -0.15) is 10.2 Å². The minimum absolute atomic E-state index is 0.577. The van der Waals surface area contributed by atoms with Crippen LogP contribution in [0.5, 0.6) is 0 Å².